The second-order valence-corrected chi connectivity index (χ2v) is 5.51. The van der Waals surface area contributed by atoms with Crippen LogP contribution in [0.2, 0.25) is 0 Å². The molecule has 0 saturated carbocycles. The highest BCUT2D eigenvalue weighted by Gasteiger charge is 2.10. The summed E-state index contributed by atoms with van der Waals surface area (Å²) in [4.78, 5) is 1.95. The summed E-state index contributed by atoms with van der Waals surface area (Å²) >= 11 is 11.5. The van der Waals surface area contributed by atoms with Crippen LogP contribution >= 0.6 is 23.2 Å². The highest BCUT2D eigenvalue weighted by atomic mass is 35.5. The van der Waals surface area contributed by atoms with Crippen LogP contribution in [0.15, 0.2) is 48.5 Å². The number of alkyl halides is 2. The van der Waals surface area contributed by atoms with E-state index >= 15 is 0 Å². The quantitative estimate of drug-likeness (QED) is 0.646. The third-order valence-electron chi connectivity index (χ3n) is 3.23. The van der Waals surface area contributed by atoms with Crippen molar-refractivity contribution in [1.82, 2.24) is 0 Å². The van der Waals surface area contributed by atoms with Crippen LogP contribution in [0.5, 0.6) is 5.75 Å². The fourth-order valence-electron chi connectivity index (χ4n) is 2.11. The number of nitrogens with zero attached hydrogens (tertiary/aromatic N) is 1. The van der Waals surface area contributed by atoms with Gasteiger partial charge in [-0.3, -0.25) is 0 Å². The maximum atomic E-state index is 14.2. The van der Waals surface area contributed by atoms with Crippen molar-refractivity contribution in [2.24, 2.45) is 0 Å². The highest BCUT2D eigenvalue weighted by Crippen LogP contribution is 2.24. The molecule has 0 atom stereocenters. The molecule has 0 bridgehead atoms. The fraction of sp³-hybridized carbons (Fsp3) is 0.294. The minimum absolute atomic E-state index is 0.240. The maximum Gasteiger partial charge on any atom is 0.167 e. The Kier molecular flexibility index (Phi) is 6.81. The van der Waals surface area contributed by atoms with Gasteiger partial charge in [0, 0.05) is 36.6 Å². The molecule has 0 spiro atoms. The van der Waals surface area contributed by atoms with Crippen molar-refractivity contribution < 1.29 is 9.13 Å². The van der Waals surface area contributed by atoms with Gasteiger partial charge in [-0.15, -0.1) is 23.2 Å². The number of anilines is 1. The van der Waals surface area contributed by atoms with Gasteiger partial charge in [0.1, 0.15) is 6.61 Å². The van der Waals surface area contributed by atoms with Gasteiger partial charge in [-0.2, -0.15) is 0 Å². The first kappa shape index (κ1) is 16.9. The van der Waals surface area contributed by atoms with Crippen molar-refractivity contribution in [3.8, 4) is 5.75 Å². The van der Waals surface area contributed by atoms with E-state index in [0.29, 0.717) is 31.5 Å². The van der Waals surface area contributed by atoms with E-state index in [1.807, 2.05) is 41.3 Å². The number of hydrogen-bond donors (Lipinski definition) is 0. The minimum atomic E-state index is -0.387. The molecular formula is C17H18Cl2FNO. The summed E-state index contributed by atoms with van der Waals surface area (Å²) in [5.41, 5.74) is 1.75. The van der Waals surface area contributed by atoms with Gasteiger partial charge < -0.3 is 9.64 Å². The van der Waals surface area contributed by atoms with Crippen LogP contribution in [-0.4, -0.2) is 24.8 Å². The van der Waals surface area contributed by atoms with Crippen LogP contribution in [0.3, 0.4) is 0 Å². The van der Waals surface area contributed by atoms with Crippen LogP contribution in [0.4, 0.5) is 10.1 Å². The average Bonchev–Trinajstić information content (AvgIpc) is 2.54. The van der Waals surface area contributed by atoms with Gasteiger partial charge in [0.05, 0.1) is 0 Å². The molecule has 0 aliphatic heterocycles. The lowest BCUT2D eigenvalue weighted by molar-refractivity contribution is 0.290. The second-order valence-electron chi connectivity index (χ2n) is 4.75. The molecule has 2 aromatic carbocycles. The number of hydrogen-bond acceptors (Lipinski definition) is 2. The molecule has 0 radical (unpaired) electrons. The first-order chi connectivity index (χ1) is 10.7. The minimum Gasteiger partial charge on any atom is -0.486 e. The van der Waals surface area contributed by atoms with Gasteiger partial charge in [0.25, 0.3) is 0 Å². The largest absolute Gasteiger partial charge is 0.486 e. The van der Waals surface area contributed by atoms with Crippen molar-refractivity contribution >= 4 is 28.9 Å². The fourth-order valence-corrected chi connectivity index (χ4v) is 2.52. The van der Waals surface area contributed by atoms with E-state index in [0.717, 1.165) is 11.3 Å². The second kappa shape index (κ2) is 8.86. The molecule has 0 N–H and O–H groups in total. The maximum absolute atomic E-state index is 14.2. The van der Waals surface area contributed by atoms with Gasteiger partial charge in [-0.1, -0.05) is 30.3 Å². The third-order valence-corrected chi connectivity index (χ3v) is 3.56. The molecule has 0 aliphatic rings. The Morgan fingerprint density at radius 1 is 0.955 bits per heavy atom. The molecule has 0 aliphatic carbocycles. The summed E-state index contributed by atoms with van der Waals surface area (Å²) in [5.74, 6) is 0.780. The van der Waals surface area contributed by atoms with E-state index in [-0.39, 0.29) is 11.6 Å². The number of ether oxygens (including phenoxy) is 1. The lowest BCUT2D eigenvalue weighted by Crippen LogP contribution is -2.27. The molecule has 0 unspecified atom stereocenters. The van der Waals surface area contributed by atoms with E-state index in [2.05, 4.69) is 0 Å². The smallest absolute Gasteiger partial charge is 0.167 e. The predicted molar refractivity (Wildman–Crippen MR) is 90.8 cm³/mol. The summed E-state index contributed by atoms with van der Waals surface area (Å²) in [6.07, 6.45) is 0. The molecule has 2 nitrogen and oxygen atoms in total. The van der Waals surface area contributed by atoms with Crippen LogP contribution in [0.1, 0.15) is 5.56 Å². The molecular weight excluding hydrogens is 324 g/mol. The van der Waals surface area contributed by atoms with Crippen molar-refractivity contribution in [3.05, 3.63) is 59.9 Å². The normalized spacial score (nSPS) is 10.5. The average molecular weight is 342 g/mol. The van der Waals surface area contributed by atoms with Crippen molar-refractivity contribution in [1.29, 1.82) is 0 Å². The highest BCUT2D eigenvalue weighted by molar-refractivity contribution is 6.18. The molecule has 22 heavy (non-hydrogen) atoms. The van der Waals surface area contributed by atoms with Gasteiger partial charge in [-0.25, -0.2) is 4.39 Å². The molecule has 0 heterocycles. The number of benzene rings is 2. The predicted octanol–water partition coefficient (Wildman–Crippen LogP) is 4.69. The molecule has 0 aromatic heterocycles. The summed E-state index contributed by atoms with van der Waals surface area (Å²) in [6.45, 7) is 1.58. The van der Waals surface area contributed by atoms with Crippen LogP contribution in [-0.2, 0) is 6.61 Å². The summed E-state index contributed by atoms with van der Waals surface area (Å²) in [6, 6.07) is 14.6. The number of rotatable bonds is 8. The van der Waals surface area contributed by atoms with E-state index in [1.54, 1.807) is 6.07 Å². The van der Waals surface area contributed by atoms with Crippen molar-refractivity contribution in [3.63, 3.8) is 0 Å². The van der Waals surface area contributed by atoms with Gasteiger partial charge in [-0.05, 0) is 17.7 Å². The van der Waals surface area contributed by atoms with Crippen molar-refractivity contribution in [2.45, 2.75) is 6.61 Å². The Bertz CT molecular complexity index is 574. The number of halogens is 3. The first-order valence-corrected chi connectivity index (χ1v) is 8.14. The molecule has 2 rings (SSSR count). The lowest BCUT2D eigenvalue weighted by Gasteiger charge is -2.23. The lowest BCUT2D eigenvalue weighted by atomic mass is 10.2. The van der Waals surface area contributed by atoms with E-state index in [1.165, 1.54) is 6.07 Å². The summed E-state index contributed by atoms with van der Waals surface area (Å²) < 4.78 is 19.7. The first-order valence-electron chi connectivity index (χ1n) is 7.07. The monoisotopic (exact) mass is 341 g/mol. The van der Waals surface area contributed by atoms with Gasteiger partial charge >= 0.3 is 0 Å². The third kappa shape index (κ3) is 4.79. The zero-order valence-corrected chi connectivity index (χ0v) is 13.7. The Morgan fingerprint density at radius 3 is 2.23 bits per heavy atom. The molecule has 5 heteroatoms. The summed E-state index contributed by atoms with van der Waals surface area (Å²) in [7, 11) is 0. The Labute approximate surface area is 140 Å². The topological polar surface area (TPSA) is 12.5 Å². The molecule has 0 amide bonds. The standard InChI is InChI=1S/C17H18Cl2FNO/c18-8-10-21(11-9-19)15-6-7-17(16(20)12-15)22-13-14-4-2-1-3-5-14/h1-7,12H,8-11,13H2. The van der Waals surface area contributed by atoms with E-state index < -0.39 is 0 Å². The Balaban J connectivity index is 2.05. The molecule has 0 saturated heterocycles. The van der Waals surface area contributed by atoms with E-state index in [9.17, 15) is 4.39 Å². The Hall–Kier alpha value is -1.45. The molecule has 2 aromatic rings. The van der Waals surface area contributed by atoms with Crippen LogP contribution < -0.4 is 9.64 Å². The van der Waals surface area contributed by atoms with Crippen LogP contribution in [0.25, 0.3) is 0 Å². The van der Waals surface area contributed by atoms with Crippen molar-refractivity contribution in [2.75, 3.05) is 29.7 Å². The zero-order valence-electron chi connectivity index (χ0n) is 12.1. The Morgan fingerprint density at radius 2 is 1.64 bits per heavy atom. The molecule has 0 fully saturated rings. The van der Waals surface area contributed by atoms with Crippen LogP contribution in [0, 0.1) is 5.82 Å². The van der Waals surface area contributed by atoms with E-state index in [4.69, 9.17) is 27.9 Å². The SMILES string of the molecule is Fc1cc(N(CCCl)CCCl)ccc1OCc1ccccc1. The zero-order chi connectivity index (χ0) is 15.8. The summed E-state index contributed by atoms with van der Waals surface area (Å²) in [5, 5.41) is 0. The van der Waals surface area contributed by atoms with Gasteiger partial charge in [0.2, 0.25) is 0 Å². The molecule has 118 valence electrons. The van der Waals surface area contributed by atoms with Gasteiger partial charge in [0.15, 0.2) is 11.6 Å².